The van der Waals surface area contributed by atoms with Crippen molar-refractivity contribution in [3.8, 4) is 0 Å². The zero-order chi connectivity index (χ0) is 16.6. The minimum Gasteiger partial charge on any atom is -0.314 e. The average molecular weight is 381 g/mol. The topological polar surface area (TPSA) is 49.4 Å². The Morgan fingerprint density at radius 3 is 2.22 bits per heavy atom. The van der Waals surface area contributed by atoms with Gasteiger partial charge in [0.2, 0.25) is 10.0 Å². The highest BCUT2D eigenvalue weighted by molar-refractivity contribution is 7.89. The van der Waals surface area contributed by atoms with E-state index in [4.69, 9.17) is 23.2 Å². The lowest BCUT2D eigenvalue weighted by Gasteiger charge is -2.32. The Labute approximate surface area is 146 Å². The van der Waals surface area contributed by atoms with Crippen LogP contribution < -0.4 is 5.32 Å². The molecule has 1 saturated carbocycles. The number of rotatable bonds is 5. The summed E-state index contributed by atoms with van der Waals surface area (Å²) < 4.78 is 40.1. The van der Waals surface area contributed by atoms with Crippen LogP contribution in [0.2, 0.25) is 10.0 Å². The number of nitrogens with one attached hydrogen (secondary N) is 1. The summed E-state index contributed by atoms with van der Waals surface area (Å²) in [7, 11) is -3.81. The van der Waals surface area contributed by atoms with E-state index in [0.717, 1.165) is 37.4 Å². The van der Waals surface area contributed by atoms with E-state index in [0.29, 0.717) is 19.1 Å². The molecule has 4 nitrogen and oxygen atoms in total. The molecule has 1 N–H and O–H groups in total. The molecule has 2 aliphatic rings. The number of sulfonamides is 1. The van der Waals surface area contributed by atoms with Crippen LogP contribution in [0.15, 0.2) is 17.0 Å². The number of halogens is 3. The highest BCUT2D eigenvalue weighted by Crippen LogP contribution is 2.34. The van der Waals surface area contributed by atoms with Gasteiger partial charge in [-0.2, -0.15) is 4.31 Å². The van der Waals surface area contributed by atoms with Crippen LogP contribution in [-0.2, 0) is 10.0 Å². The van der Waals surface area contributed by atoms with Crippen LogP contribution in [0.3, 0.4) is 0 Å². The molecule has 2 fully saturated rings. The molecule has 8 heteroatoms. The van der Waals surface area contributed by atoms with Gasteiger partial charge >= 0.3 is 0 Å². The molecule has 0 radical (unpaired) electrons. The van der Waals surface area contributed by atoms with E-state index in [1.54, 1.807) is 0 Å². The number of hydrogen-bond donors (Lipinski definition) is 1. The van der Waals surface area contributed by atoms with E-state index in [1.165, 1.54) is 17.1 Å². The summed E-state index contributed by atoms with van der Waals surface area (Å²) in [6.07, 6.45) is 4.09. The standard InChI is InChI=1S/C15H19Cl2FN2O2S/c16-13-7-11(18)8-14(17)15(13)23(21,22)20-5-3-12(4-6-20)19-9-10-1-2-10/h7-8,10,12,19H,1-6,9H2. The van der Waals surface area contributed by atoms with Gasteiger partial charge in [0.05, 0.1) is 10.0 Å². The van der Waals surface area contributed by atoms with Gasteiger partial charge in [-0.15, -0.1) is 0 Å². The third-order valence-electron chi connectivity index (χ3n) is 4.41. The van der Waals surface area contributed by atoms with Gasteiger partial charge in [-0.25, -0.2) is 12.8 Å². The summed E-state index contributed by atoms with van der Waals surface area (Å²) in [6, 6.07) is 2.30. The highest BCUT2D eigenvalue weighted by atomic mass is 35.5. The maximum Gasteiger partial charge on any atom is 0.246 e. The molecule has 1 aromatic carbocycles. The third kappa shape index (κ3) is 3.99. The maximum absolute atomic E-state index is 13.3. The Balaban J connectivity index is 1.69. The summed E-state index contributed by atoms with van der Waals surface area (Å²) in [5, 5.41) is 3.15. The average Bonchev–Trinajstić information content (AvgIpc) is 3.28. The summed E-state index contributed by atoms with van der Waals surface area (Å²) in [5.41, 5.74) is 0. The fourth-order valence-electron chi connectivity index (χ4n) is 2.86. The minimum absolute atomic E-state index is 0.177. The zero-order valence-electron chi connectivity index (χ0n) is 12.6. The van der Waals surface area contributed by atoms with Crippen molar-refractivity contribution in [1.29, 1.82) is 0 Å². The first-order valence-electron chi connectivity index (χ1n) is 7.76. The van der Waals surface area contributed by atoms with Crippen LogP contribution in [0.4, 0.5) is 4.39 Å². The Morgan fingerprint density at radius 1 is 1.13 bits per heavy atom. The molecule has 1 aliphatic carbocycles. The molecule has 1 saturated heterocycles. The normalized spacial score (nSPS) is 20.8. The molecule has 0 amide bonds. The van der Waals surface area contributed by atoms with Gasteiger partial charge in [0, 0.05) is 19.1 Å². The first kappa shape index (κ1) is 17.4. The lowest BCUT2D eigenvalue weighted by molar-refractivity contribution is 0.288. The third-order valence-corrected chi connectivity index (χ3v) is 7.23. The van der Waals surface area contributed by atoms with E-state index >= 15 is 0 Å². The van der Waals surface area contributed by atoms with Gasteiger partial charge in [-0.1, -0.05) is 23.2 Å². The van der Waals surface area contributed by atoms with E-state index in [-0.39, 0.29) is 14.9 Å². The number of piperidine rings is 1. The fraction of sp³-hybridized carbons (Fsp3) is 0.600. The maximum atomic E-state index is 13.3. The monoisotopic (exact) mass is 380 g/mol. The predicted octanol–water partition coefficient (Wildman–Crippen LogP) is 3.29. The second kappa shape index (κ2) is 6.84. The molecule has 0 aromatic heterocycles. The van der Waals surface area contributed by atoms with Crippen LogP contribution in [0.5, 0.6) is 0 Å². The molecule has 1 heterocycles. The van der Waals surface area contributed by atoms with Gasteiger partial charge in [-0.05, 0) is 50.3 Å². The first-order valence-corrected chi connectivity index (χ1v) is 9.95. The van der Waals surface area contributed by atoms with Gasteiger partial charge in [0.25, 0.3) is 0 Å². The highest BCUT2D eigenvalue weighted by Gasteiger charge is 2.33. The molecule has 0 unspecified atom stereocenters. The molecule has 1 aliphatic heterocycles. The second-order valence-electron chi connectivity index (χ2n) is 6.23. The molecule has 1 aromatic rings. The molecule has 0 atom stereocenters. The SMILES string of the molecule is O=S(=O)(c1c(Cl)cc(F)cc1Cl)N1CCC(NCC2CC2)CC1. The summed E-state index contributed by atoms with van der Waals surface area (Å²) in [4.78, 5) is -0.202. The van der Waals surface area contributed by atoms with Crippen LogP contribution in [0.1, 0.15) is 25.7 Å². The molecule has 23 heavy (non-hydrogen) atoms. The fourth-order valence-corrected chi connectivity index (χ4v) is 5.47. The summed E-state index contributed by atoms with van der Waals surface area (Å²) in [6.45, 7) is 1.84. The van der Waals surface area contributed by atoms with Crippen LogP contribution in [-0.4, -0.2) is 38.4 Å². The lowest BCUT2D eigenvalue weighted by Crippen LogP contribution is -2.45. The molecular weight excluding hydrogens is 362 g/mol. The number of nitrogens with zero attached hydrogens (tertiary/aromatic N) is 1. The molecule has 128 valence electrons. The Kier molecular flexibility index (Phi) is 5.18. The first-order chi connectivity index (χ1) is 10.9. The Morgan fingerprint density at radius 2 is 1.70 bits per heavy atom. The zero-order valence-corrected chi connectivity index (χ0v) is 14.9. The van der Waals surface area contributed by atoms with Gasteiger partial charge in [-0.3, -0.25) is 0 Å². The number of hydrogen-bond acceptors (Lipinski definition) is 3. The van der Waals surface area contributed by atoms with E-state index < -0.39 is 15.8 Å². The van der Waals surface area contributed by atoms with Crippen LogP contribution >= 0.6 is 23.2 Å². The minimum atomic E-state index is -3.81. The van der Waals surface area contributed by atoms with Crippen molar-refractivity contribution in [3.05, 3.63) is 28.0 Å². The van der Waals surface area contributed by atoms with Crippen molar-refractivity contribution in [3.63, 3.8) is 0 Å². The van der Waals surface area contributed by atoms with Gasteiger partial charge in [0.15, 0.2) is 0 Å². The van der Waals surface area contributed by atoms with Crippen LogP contribution in [0, 0.1) is 11.7 Å². The van der Waals surface area contributed by atoms with Crippen molar-refractivity contribution in [2.75, 3.05) is 19.6 Å². The van der Waals surface area contributed by atoms with Crippen molar-refractivity contribution in [2.24, 2.45) is 5.92 Å². The predicted molar refractivity (Wildman–Crippen MR) is 88.9 cm³/mol. The van der Waals surface area contributed by atoms with Crippen molar-refractivity contribution >= 4 is 33.2 Å². The smallest absolute Gasteiger partial charge is 0.246 e. The molecule has 0 spiro atoms. The van der Waals surface area contributed by atoms with E-state index in [1.807, 2.05) is 0 Å². The van der Waals surface area contributed by atoms with Gasteiger partial charge < -0.3 is 5.32 Å². The van der Waals surface area contributed by atoms with Crippen molar-refractivity contribution < 1.29 is 12.8 Å². The molecule has 3 rings (SSSR count). The molecule has 0 bridgehead atoms. The van der Waals surface area contributed by atoms with Crippen molar-refractivity contribution in [2.45, 2.75) is 36.6 Å². The van der Waals surface area contributed by atoms with E-state index in [2.05, 4.69) is 5.32 Å². The lowest BCUT2D eigenvalue weighted by atomic mass is 10.1. The largest absolute Gasteiger partial charge is 0.314 e. The Bertz CT molecular complexity index is 664. The quantitative estimate of drug-likeness (QED) is 0.852. The summed E-state index contributed by atoms with van der Waals surface area (Å²) in [5.74, 6) is 0.149. The molecular formula is C15H19Cl2FN2O2S. The summed E-state index contributed by atoms with van der Waals surface area (Å²) >= 11 is 11.8. The van der Waals surface area contributed by atoms with Crippen molar-refractivity contribution in [1.82, 2.24) is 9.62 Å². The van der Waals surface area contributed by atoms with Crippen LogP contribution in [0.25, 0.3) is 0 Å². The number of benzene rings is 1. The second-order valence-corrected chi connectivity index (χ2v) is 8.92. The van der Waals surface area contributed by atoms with Gasteiger partial charge in [0.1, 0.15) is 10.7 Å². The van der Waals surface area contributed by atoms with E-state index in [9.17, 15) is 12.8 Å². The Hall–Kier alpha value is -0.400.